The number of rotatable bonds is 4. The highest BCUT2D eigenvalue weighted by atomic mass is 32.2. The Hall–Kier alpha value is -1.85. The van der Waals surface area contributed by atoms with E-state index in [2.05, 4.69) is 5.32 Å². The number of hydrogen-bond donors (Lipinski definition) is 2. The van der Waals surface area contributed by atoms with Gasteiger partial charge in [0, 0.05) is 5.69 Å². The SMILES string of the molecule is O=S(=O)(O)CNc1ccc(-c2ccccc2)cc1. The van der Waals surface area contributed by atoms with Crippen molar-refractivity contribution in [3.8, 4) is 11.1 Å². The Balaban J connectivity index is 2.11. The Morgan fingerprint density at radius 1 is 0.889 bits per heavy atom. The molecule has 0 saturated heterocycles. The molecule has 0 bridgehead atoms. The van der Waals surface area contributed by atoms with Crippen molar-refractivity contribution < 1.29 is 13.0 Å². The molecule has 18 heavy (non-hydrogen) atoms. The Morgan fingerprint density at radius 3 is 2.00 bits per heavy atom. The molecule has 2 aromatic rings. The van der Waals surface area contributed by atoms with Crippen molar-refractivity contribution in [3.05, 3.63) is 54.6 Å². The van der Waals surface area contributed by atoms with E-state index in [4.69, 9.17) is 4.55 Å². The lowest BCUT2D eigenvalue weighted by molar-refractivity contribution is 0.485. The van der Waals surface area contributed by atoms with Gasteiger partial charge in [-0.25, -0.2) is 0 Å². The van der Waals surface area contributed by atoms with Crippen LogP contribution in [0.1, 0.15) is 0 Å². The molecule has 0 aromatic heterocycles. The molecule has 2 rings (SSSR count). The van der Waals surface area contributed by atoms with Gasteiger partial charge in [-0.2, -0.15) is 8.42 Å². The Bertz CT molecular complexity index is 606. The molecule has 0 aliphatic carbocycles. The highest BCUT2D eigenvalue weighted by molar-refractivity contribution is 7.85. The van der Waals surface area contributed by atoms with Crippen molar-refractivity contribution in [3.63, 3.8) is 0 Å². The van der Waals surface area contributed by atoms with Crippen molar-refractivity contribution in [1.82, 2.24) is 0 Å². The Labute approximate surface area is 106 Å². The molecule has 0 amide bonds. The quantitative estimate of drug-likeness (QED) is 0.832. The maximum Gasteiger partial charge on any atom is 0.283 e. The van der Waals surface area contributed by atoms with Gasteiger partial charge in [-0.05, 0) is 23.3 Å². The maximum atomic E-state index is 10.6. The Morgan fingerprint density at radius 2 is 1.44 bits per heavy atom. The predicted octanol–water partition coefficient (Wildman–Crippen LogP) is 2.61. The van der Waals surface area contributed by atoms with Crippen LogP contribution in [0, 0.1) is 0 Å². The molecule has 0 aliphatic rings. The van der Waals surface area contributed by atoms with Crippen molar-refractivity contribution in [2.75, 3.05) is 11.2 Å². The second-order valence-corrected chi connectivity index (χ2v) is 5.30. The van der Waals surface area contributed by atoms with Crippen molar-refractivity contribution in [2.45, 2.75) is 0 Å². The molecule has 0 aliphatic heterocycles. The van der Waals surface area contributed by atoms with Gasteiger partial charge in [0.05, 0.1) is 0 Å². The van der Waals surface area contributed by atoms with Gasteiger partial charge in [0.2, 0.25) is 0 Å². The minimum Gasteiger partial charge on any atom is -0.370 e. The minimum atomic E-state index is -4.00. The fourth-order valence-corrected chi connectivity index (χ4v) is 1.93. The topological polar surface area (TPSA) is 66.4 Å². The molecule has 4 nitrogen and oxygen atoms in total. The molecule has 94 valence electrons. The fraction of sp³-hybridized carbons (Fsp3) is 0.0769. The molecule has 0 heterocycles. The third-order valence-electron chi connectivity index (χ3n) is 2.45. The summed E-state index contributed by atoms with van der Waals surface area (Å²) in [5.41, 5.74) is 2.79. The zero-order chi connectivity index (χ0) is 13.0. The number of anilines is 1. The maximum absolute atomic E-state index is 10.6. The first-order chi connectivity index (χ1) is 8.54. The van der Waals surface area contributed by atoms with Crippen LogP contribution >= 0.6 is 0 Å². The van der Waals surface area contributed by atoms with Crippen LogP contribution in [0.2, 0.25) is 0 Å². The van der Waals surface area contributed by atoms with Gasteiger partial charge in [0.15, 0.2) is 0 Å². The minimum absolute atomic E-state index is 0.488. The van der Waals surface area contributed by atoms with Crippen molar-refractivity contribution >= 4 is 15.8 Å². The van der Waals surface area contributed by atoms with E-state index in [0.717, 1.165) is 11.1 Å². The summed E-state index contributed by atoms with van der Waals surface area (Å²) in [7, 11) is -4.00. The molecule has 2 N–H and O–H groups in total. The summed E-state index contributed by atoms with van der Waals surface area (Å²) in [6.07, 6.45) is 0. The van der Waals surface area contributed by atoms with E-state index in [-0.39, 0.29) is 0 Å². The van der Waals surface area contributed by atoms with Gasteiger partial charge >= 0.3 is 0 Å². The monoisotopic (exact) mass is 263 g/mol. The normalized spacial score (nSPS) is 11.2. The van der Waals surface area contributed by atoms with Gasteiger partial charge < -0.3 is 5.32 Å². The molecule has 5 heteroatoms. The summed E-state index contributed by atoms with van der Waals surface area (Å²) in [5.74, 6) is -0.488. The summed E-state index contributed by atoms with van der Waals surface area (Å²) in [6.45, 7) is 0. The third kappa shape index (κ3) is 3.58. The van der Waals surface area contributed by atoms with E-state index in [1.165, 1.54) is 0 Å². The average Bonchev–Trinajstić information content (AvgIpc) is 2.37. The summed E-state index contributed by atoms with van der Waals surface area (Å²) >= 11 is 0. The molecule has 0 radical (unpaired) electrons. The molecule has 0 atom stereocenters. The van der Waals surface area contributed by atoms with E-state index in [0.29, 0.717) is 5.69 Å². The molecule has 0 spiro atoms. The third-order valence-corrected chi connectivity index (χ3v) is 2.96. The average molecular weight is 263 g/mol. The van der Waals surface area contributed by atoms with E-state index < -0.39 is 16.0 Å². The van der Waals surface area contributed by atoms with Gasteiger partial charge in [-0.1, -0.05) is 42.5 Å². The van der Waals surface area contributed by atoms with Crippen LogP contribution < -0.4 is 5.32 Å². The van der Waals surface area contributed by atoms with Gasteiger partial charge in [0.1, 0.15) is 5.88 Å². The van der Waals surface area contributed by atoms with Crippen LogP contribution in [0.25, 0.3) is 11.1 Å². The molecular formula is C13H13NO3S. The van der Waals surface area contributed by atoms with Gasteiger partial charge in [-0.3, -0.25) is 4.55 Å². The molecule has 2 aromatic carbocycles. The van der Waals surface area contributed by atoms with Crippen LogP contribution in [-0.2, 0) is 10.1 Å². The van der Waals surface area contributed by atoms with Crippen LogP contribution in [0.3, 0.4) is 0 Å². The molecule has 0 unspecified atom stereocenters. The summed E-state index contributed by atoms with van der Waals surface area (Å²) in [4.78, 5) is 0. The molecular weight excluding hydrogens is 250 g/mol. The van der Waals surface area contributed by atoms with E-state index >= 15 is 0 Å². The lowest BCUT2D eigenvalue weighted by Crippen LogP contribution is -2.12. The summed E-state index contributed by atoms with van der Waals surface area (Å²) in [6, 6.07) is 17.2. The zero-order valence-electron chi connectivity index (χ0n) is 9.58. The van der Waals surface area contributed by atoms with Crippen molar-refractivity contribution in [2.24, 2.45) is 0 Å². The first-order valence-electron chi connectivity index (χ1n) is 5.39. The van der Waals surface area contributed by atoms with E-state index in [1.54, 1.807) is 12.1 Å². The molecule has 0 fully saturated rings. The van der Waals surface area contributed by atoms with Crippen LogP contribution in [0.15, 0.2) is 54.6 Å². The highest BCUT2D eigenvalue weighted by Crippen LogP contribution is 2.20. The smallest absolute Gasteiger partial charge is 0.283 e. The number of benzene rings is 2. The second kappa shape index (κ2) is 5.20. The molecule has 0 saturated carbocycles. The zero-order valence-corrected chi connectivity index (χ0v) is 10.4. The first kappa shape index (κ1) is 12.6. The summed E-state index contributed by atoms with van der Waals surface area (Å²) in [5, 5.41) is 2.63. The standard InChI is InChI=1S/C13H13NO3S/c15-18(16,17)10-14-13-8-6-12(7-9-13)11-4-2-1-3-5-11/h1-9,14H,10H2,(H,15,16,17). The fourth-order valence-electron chi connectivity index (χ4n) is 1.59. The number of hydrogen-bond acceptors (Lipinski definition) is 3. The van der Waals surface area contributed by atoms with Crippen LogP contribution in [0.4, 0.5) is 5.69 Å². The van der Waals surface area contributed by atoms with Crippen LogP contribution in [-0.4, -0.2) is 18.8 Å². The second-order valence-electron chi connectivity index (χ2n) is 3.85. The van der Waals surface area contributed by atoms with Gasteiger partial charge in [-0.15, -0.1) is 0 Å². The lowest BCUT2D eigenvalue weighted by atomic mass is 10.1. The Kier molecular flexibility index (Phi) is 3.64. The predicted molar refractivity (Wildman–Crippen MR) is 71.9 cm³/mol. The number of nitrogens with one attached hydrogen (secondary N) is 1. The van der Waals surface area contributed by atoms with Gasteiger partial charge in [0.25, 0.3) is 10.1 Å². The van der Waals surface area contributed by atoms with Crippen molar-refractivity contribution in [1.29, 1.82) is 0 Å². The highest BCUT2D eigenvalue weighted by Gasteiger charge is 2.03. The summed E-state index contributed by atoms with van der Waals surface area (Å²) < 4.78 is 29.8. The van der Waals surface area contributed by atoms with E-state index in [9.17, 15) is 8.42 Å². The lowest BCUT2D eigenvalue weighted by Gasteiger charge is -2.06. The largest absolute Gasteiger partial charge is 0.370 e. The van der Waals surface area contributed by atoms with E-state index in [1.807, 2.05) is 42.5 Å². The first-order valence-corrected chi connectivity index (χ1v) is 7.00. The van der Waals surface area contributed by atoms with Crippen LogP contribution in [0.5, 0.6) is 0 Å².